The van der Waals surface area contributed by atoms with E-state index in [1.807, 2.05) is 27.7 Å². The van der Waals surface area contributed by atoms with Crippen LogP contribution in [0.5, 0.6) is 5.88 Å². The standard InChI is InChI=1S/C19H23ClN2O4S/c1-10(2)11(3)16-12(4)14(8-9-15(16)20)18(23)17-13(5)21-22(6)19(17)26-27(7,24)25/h8-9H,1-7H3. The number of aryl methyl sites for hydroxylation is 2. The van der Waals surface area contributed by atoms with E-state index < -0.39 is 10.1 Å². The second-order valence-electron chi connectivity index (χ2n) is 6.73. The van der Waals surface area contributed by atoms with Crippen molar-refractivity contribution in [2.24, 2.45) is 7.05 Å². The summed E-state index contributed by atoms with van der Waals surface area (Å²) in [6, 6.07) is 3.31. The Morgan fingerprint density at radius 3 is 2.26 bits per heavy atom. The van der Waals surface area contributed by atoms with Gasteiger partial charge in [-0.2, -0.15) is 13.5 Å². The third kappa shape index (κ3) is 4.25. The summed E-state index contributed by atoms with van der Waals surface area (Å²) in [7, 11) is -2.29. The zero-order valence-corrected chi connectivity index (χ0v) is 18.0. The number of carbonyl (C=O) groups excluding carboxylic acids is 1. The Morgan fingerprint density at radius 1 is 1.15 bits per heavy atom. The van der Waals surface area contributed by atoms with Gasteiger partial charge < -0.3 is 4.18 Å². The quantitative estimate of drug-likeness (QED) is 0.548. The number of halogens is 1. The molecule has 0 spiro atoms. The molecule has 2 rings (SSSR count). The Balaban J connectivity index is 2.71. The molecule has 0 atom stereocenters. The number of hydrogen-bond donors (Lipinski definition) is 0. The minimum Gasteiger partial charge on any atom is -0.361 e. The van der Waals surface area contributed by atoms with Crippen molar-refractivity contribution in [3.63, 3.8) is 0 Å². The average Bonchev–Trinajstić information content (AvgIpc) is 2.78. The second kappa shape index (κ2) is 7.48. The van der Waals surface area contributed by atoms with Crippen LogP contribution in [-0.4, -0.2) is 30.2 Å². The Bertz CT molecular complexity index is 1060. The minimum absolute atomic E-state index is 0.102. The molecular weight excluding hydrogens is 388 g/mol. The van der Waals surface area contributed by atoms with Gasteiger partial charge in [0.05, 0.1) is 11.9 Å². The van der Waals surface area contributed by atoms with E-state index in [0.29, 0.717) is 16.3 Å². The van der Waals surface area contributed by atoms with Crippen LogP contribution in [0.25, 0.3) is 5.57 Å². The van der Waals surface area contributed by atoms with E-state index in [9.17, 15) is 13.2 Å². The highest BCUT2D eigenvalue weighted by Gasteiger charge is 2.27. The highest BCUT2D eigenvalue weighted by molar-refractivity contribution is 7.86. The van der Waals surface area contributed by atoms with Gasteiger partial charge in [-0.15, -0.1) is 0 Å². The molecule has 1 aromatic heterocycles. The smallest absolute Gasteiger partial charge is 0.307 e. The van der Waals surface area contributed by atoms with Crippen LogP contribution in [0.2, 0.25) is 5.02 Å². The summed E-state index contributed by atoms with van der Waals surface area (Å²) < 4.78 is 29.5. The van der Waals surface area contributed by atoms with E-state index in [-0.39, 0.29) is 17.2 Å². The van der Waals surface area contributed by atoms with Gasteiger partial charge in [0.15, 0.2) is 0 Å². The van der Waals surface area contributed by atoms with Crippen molar-refractivity contribution in [3.05, 3.63) is 50.7 Å². The summed E-state index contributed by atoms with van der Waals surface area (Å²) >= 11 is 6.38. The number of aromatic nitrogens is 2. The number of nitrogens with zero attached hydrogens (tertiary/aromatic N) is 2. The molecule has 1 heterocycles. The van der Waals surface area contributed by atoms with Crippen molar-refractivity contribution in [1.82, 2.24) is 9.78 Å². The lowest BCUT2D eigenvalue weighted by molar-refractivity contribution is 0.103. The fourth-order valence-corrected chi connectivity index (χ4v) is 3.73. The van der Waals surface area contributed by atoms with Gasteiger partial charge in [0.25, 0.3) is 0 Å². The van der Waals surface area contributed by atoms with Crippen LogP contribution < -0.4 is 4.18 Å². The molecule has 8 heteroatoms. The van der Waals surface area contributed by atoms with E-state index in [2.05, 4.69) is 5.10 Å². The van der Waals surface area contributed by atoms with Gasteiger partial charge in [-0.25, -0.2) is 4.68 Å². The molecule has 0 fully saturated rings. The predicted octanol–water partition coefficient (Wildman–Crippen LogP) is 4.07. The van der Waals surface area contributed by atoms with Crippen molar-refractivity contribution in [2.75, 3.05) is 6.26 Å². The van der Waals surface area contributed by atoms with Crippen LogP contribution in [0.15, 0.2) is 17.7 Å². The predicted molar refractivity (Wildman–Crippen MR) is 107 cm³/mol. The number of rotatable bonds is 5. The van der Waals surface area contributed by atoms with E-state index in [4.69, 9.17) is 15.8 Å². The normalized spacial score (nSPS) is 11.4. The van der Waals surface area contributed by atoms with Gasteiger partial charge in [-0.05, 0) is 63.5 Å². The Hall–Kier alpha value is -2.12. The van der Waals surface area contributed by atoms with Crippen molar-refractivity contribution < 1.29 is 17.4 Å². The van der Waals surface area contributed by atoms with E-state index >= 15 is 0 Å². The molecule has 2 aromatic rings. The lowest BCUT2D eigenvalue weighted by Crippen LogP contribution is -2.13. The molecule has 0 aliphatic rings. The number of carbonyl (C=O) groups is 1. The van der Waals surface area contributed by atoms with Crippen molar-refractivity contribution in [3.8, 4) is 5.88 Å². The first kappa shape index (κ1) is 21.2. The molecule has 0 amide bonds. The zero-order chi connectivity index (χ0) is 20.7. The summed E-state index contributed by atoms with van der Waals surface area (Å²) in [5.41, 5.74) is 4.52. The third-order valence-electron chi connectivity index (χ3n) is 4.41. The van der Waals surface area contributed by atoms with Gasteiger partial charge in [0.1, 0.15) is 5.56 Å². The molecule has 0 unspecified atom stereocenters. The summed E-state index contributed by atoms with van der Waals surface area (Å²) in [4.78, 5) is 13.3. The van der Waals surface area contributed by atoms with E-state index in [1.54, 1.807) is 19.1 Å². The van der Waals surface area contributed by atoms with Gasteiger partial charge in [0, 0.05) is 17.6 Å². The van der Waals surface area contributed by atoms with Crippen LogP contribution in [-0.2, 0) is 17.2 Å². The maximum Gasteiger partial charge on any atom is 0.307 e. The fourth-order valence-electron chi connectivity index (χ4n) is 2.91. The van der Waals surface area contributed by atoms with Gasteiger partial charge >= 0.3 is 10.1 Å². The number of hydrogen-bond acceptors (Lipinski definition) is 5. The van der Waals surface area contributed by atoms with Gasteiger partial charge in [0.2, 0.25) is 11.7 Å². The molecule has 27 heavy (non-hydrogen) atoms. The lowest BCUT2D eigenvalue weighted by atomic mass is 9.91. The van der Waals surface area contributed by atoms with Crippen LogP contribution in [0.4, 0.5) is 0 Å². The molecule has 0 aliphatic heterocycles. The molecule has 0 radical (unpaired) electrons. The second-order valence-corrected chi connectivity index (χ2v) is 8.71. The lowest BCUT2D eigenvalue weighted by Gasteiger charge is -2.15. The molecule has 0 bridgehead atoms. The first-order chi connectivity index (χ1) is 12.3. The molecule has 146 valence electrons. The molecular formula is C19H23ClN2O4S. The third-order valence-corrected chi connectivity index (χ3v) is 5.19. The first-order valence-corrected chi connectivity index (χ1v) is 10.5. The largest absolute Gasteiger partial charge is 0.361 e. The summed E-state index contributed by atoms with van der Waals surface area (Å²) in [5.74, 6) is -0.467. The topological polar surface area (TPSA) is 78.3 Å². The molecule has 0 saturated heterocycles. The van der Waals surface area contributed by atoms with Crippen molar-refractivity contribution in [1.29, 1.82) is 0 Å². The number of allylic oxidation sites excluding steroid dienone is 2. The first-order valence-electron chi connectivity index (χ1n) is 8.26. The fraction of sp³-hybridized carbons (Fsp3) is 0.368. The monoisotopic (exact) mass is 410 g/mol. The molecule has 0 saturated carbocycles. The van der Waals surface area contributed by atoms with Crippen molar-refractivity contribution >= 4 is 33.1 Å². The SMILES string of the molecule is CC(C)=C(C)c1c(Cl)ccc(C(=O)c2c(C)nn(C)c2OS(C)(=O)=O)c1C. The van der Waals surface area contributed by atoms with Crippen molar-refractivity contribution in [2.45, 2.75) is 34.6 Å². The van der Waals surface area contributed by atoms with Gasteiger partial charge in [-0.1, -0.05) is 17.2 Å². The van der Waals surface area contributed by atoms with Crippen LogP contribution >= 0.6 is 11.6 Å². The van der Waals surface area contributed by atoms with E-state index in [1.165, 1.54) is 11.7 Å². The van der Waals surface area contributed by atoms with Crippen LogP contribution in [0.3, 0.4) is 0 Å². The summed E-state index contributed by atoms with van der Waals surface area (Å²) in [5, 5.41) is 4.70. The Labute approximate surface area is 164 Å². The van der Waals surface area contributed by atoms with Crippen LogP contribution in [0.1, 0.15) is 53.5 Å². The highest BCUT2D eigenvalue weighted by Crippen LogP contribution is 2.34. The molecule has 0 N–H and O–H groups in total. The average molecular weight is 411 g/mol. The Kier molecular flexibility index (Phi) is 5.87. The molecule has 6 nitrogen and oxygen atoms in total. The summed E-state index contributed by atoms with van der Waals surface area (Å²) in [6.07, 6.45) is 0.924. The zero-order valence-electron chi connectivity index (χ0n) is 16.5. The number of ketones is 1. The molecule has 1 aromatic carbocycles. The van der Waals surface area contributed by atoms with Crippen LogP contribution in [0, 0.1) is 13.8 Å². The molecule has 0 aliphatic carbocycles. The minimum atomic E-state index is -3.82. The Morgan fingerprint density at radius 2 is 1.74 bits per heavy atom. The summed E-state index contributed by atoms with van der Waals surface area (Å²) in [6.45, 7) is 9.36. The maximum atomic E-state index is 13.3. The van der Waals surface area contributed by atoms with Gasteiger partial charge in [-0.3, -0.25) is 4.79 Å². The maximum absolute atomic E-state index is 13.3. The number of benzene rings is 1. The highest BCUT2D eigenvalue weighted by atomic mass is 35.5. The van der Waals surface area contributed by atoms with E-state index in [0.717, 1.165) is 28.5 Å².